The number of aliphatic hydroxyl groups is 1. The van der Waals surface area contributed by atoms with Crippen LogP contribution in [0.2, 0.25) is 0 Å². The summed E-state index contributed by atoms with van der Waals surface area (Å²) >= 11 is 0. The molecule has 10 saturated heterocycles. The first-order valence-electron chi connectivity index (χ1n) is 35.1. The number of nitrogens with zero attached hydrogens (tertiary/aromatic N) is 1. The number of nitrogens with one attached hydrogen (secondary N) is 5. The van der Waals surface area contributed by atoms with Crippen LogP contribution in [0.5, 0.6) is 0 Å². The molecule has 12 bridgehead atoms. The van der Waals surface area contributed by atoms with Gasteiger partial charge in [0, 0.05) is 88.9 Å². The number of hydrogen-bond acceptors (Lipinski definition) is 21. The Kier molecular flexibility index (Phi) is 24.6. The van der Waals surface area contributed by atoms with E-state index < -0.39 is 102 Å². The van der Waals surface area contributed by atoms with Gasteiger partial charge in [0.2, 0.25) is 17.7 Å². The number of imide groups is 1. The van der Waals surface area contributed by atoms with Gasteiger partial charge in [0.15, 0.2) is 5.79 Å². The van der Waals surface area contributed by atoms with Gasteiger partial charge in [-0.25, -0.2) is 9.59 Å². The Morgan fingerprint density at radius 3 is 2.21 bits per heavy atom. The molecule has 0 radical (unpaired) electrons. The molecule has 540 valence electrons. The molecule has 21 atom stereocenters. The van der Waals surface area contributed by atoms with E-state index in [1.807, 2.05) is 0 Å². The van der Waals surface area contributed by atoms with Crippen LogP contribution in [0.4, 0.5) is 15.3 Å². The number of fused-ring (bicyclic) bond motifs is 6. The standard InChI is InChI=1S/C70H99N7O21/c1-37(2)59(76-56(80)20-24-88-26-27-89-25-23-77-57(81)17-18-58(77)82)67(84)75-49(8-7-22-72-68(71)85)66(83)74-42-11-9-41(10-12-42)36-90-69(86)73-35-44(79)32-54-60(87-6)48-31-43(78)30-46-14-16-51-61(93-46)65-64-63(95-51)62-55(96-64)34-70(97-62,98-65)21-19-47-29-39(4)50(91-47)15-13-45-28-38(3)40(5)52(92-45)33-53(48)94-54/h9-12,17-18,37-38,44-55,59-65,79H,4-5,7-8,13-16,19-36H2,1-3,6H3,(H,73,86)(H,74,83)(H,75,84)(H,76,80)(H3,71,72,85)/t38-,44+,45+,46-,47+,48+,49+,50+,51+,52-,53?,54-,55-,59+,60-,61+,62-,63?,64-,65+,70+/m1/s1. The number of amides is 8. The monoisotopic (exact) mass is 1370 g/mol. The first-order chi connectivity index (χ1) is 47.1. The molecule has 1 spiro atoms. The highest BCUT2D eigenvalue weighted by Crippen LogP contribution is 2.54. The SMILES string of the molecule is C=C1C[C@@H]2CC[C@@]34C[C@H]5O[C@@H]6C(O[C@H]7CC[C@H](CC(=O)C[C@H]8C(C[C@H]9O[C@@H](CC[C@@H]1O2)C[C@@H](C)C9=C)O[C@H](C[C@H](O)CNC(=O)OCc1ccc(NC(=O)[C@H](CCCNC(N)=O)NC(=O)[C@@H](NC(=O)CCOCCOCCN2C(=O)C=CC2=O)C(C)C)cc1)[C@@H]8OC)O[C@@H]7[C@@H]6O3)[C@@H]5O4. The third-order valence-electron chi connectivity index (χ3n) is 20.9. The van der Waals surface area contributed by atoms with Crippen molar-refractivity contribution in [2.45, 2.75) is 246 Å². The fraction of sp³-hybridized carbons (Fsp3) is 0.714. The van der Waals surface area contributed by atoms with Crippen LogP contribution < -0.4 is 32.3 Å². The average molecular weight is 1370 g/mol. The maximum atomic E-state index is 14.5. The van der Waals surface area contributed by atoms with E-state index in [9.17, 15) is 43.5 Å². The summed E-state index contributed by atoms with van der Waals surface area (Å²) in [6.45, 7) is 14.9. The van der Waals surface area contributed by atoms with E-state index in [1.165, 1.54) is 12.2 Å². The number of rotatable bonds is 26. The number of ketones is 1. The van der Waals surface area contributed by atoms with Crippen LogP contribution in [0.25, 0.3) is 0 Å². The van der Waals surface area contributed by atoms with Crippen LogP contribution in [0, 0.1) is 17.8 Å². The van der Waals surface area contributed by atoms with Crippen molar-refractivity contribution in [3.63, 3.8) is 0 Å². The van der Waals surface area contributed by atoms with Crippen molar-refractivity contribution in [2.75, 3.05) is 58.5 Å². The Morgan fingerprint density at radius 2 is 1.46 bits per heavy atom. The van der Waals surface area contributed by atoms with Crippen LogP contribution in [-0.4, -0.2) is 226 Å². The van der Waals surface area contributed by atoms with E-state index in [0.29, 0.717) is 43.4 Å². The first-order valence-corrected chi connectivity index (χ1v) is 35.1. The van der Waals surface area contributed by atoms with E-state index in [4.69, 9.17) is 62.6 Å². The molecule has 12 rings (SSSR count). The number of ether oxygens (including phenoxy) is 12. The average Bonchev–Trinajstić information content (AvgIpc) is 1.55. The Hall–Kier alpha value is -6.28. The quantitative estimate of drug-likeness (QED) is 0.0394. The first kappa shape index (κ1) is 73.0. The van der Waals surface area contributed by atoms with Gasteiger partial charge in [-0.15, -0.1) is 0 Å². The van der Waals surface area contributed by atoms with E-state index >= 15 is 0 Å². The van der Waals surface area contributed by atoms with Gasteiger partial charge in [0.1, 0.15) is 55.0 Å². The summed E-state index contributed by atoms with van der Waals surface area (Å²) in [4.78, 5) is 104. The van der Waals surface area contributed by atoms with Crippen molar-refractivity contribution in [1.29, 1.82) is 0 Å². The molecule has 11 aliphatic heterocycles. The number of primary amides is 1. The second kappa shape index (κ2) is 33.0. The number of urea groups is 1. The number of methoxy groups -OCH3 is 1. The Morgan fingerprint density at radius 1 is 0.745 bits per heavy atom. The highest BCUT2D eigenvalue weighted by Gasteiger charge is 2.69. The number of Topliss-reactive ketones (excluding diaryl/α,β-unsaturated/α-hetero) is 1. The zero-order valence-electron chi connectivity index (χ0n) is 56.6. The molecular formula is C70H99N7O21. The third kappa shape index (κ3) is 18.1. The van der Waals surface area contributed by atoms with Crippen molar-refractivity contribution >= 4 is 53.1 Å². The number of hydrogen-bond donors (Lipinski definition) is 7. The number of nitrogens with two attached hydrogens (primary N) is 1. The van der Waals surface area contributed by atoms with Crippen molar-refractivity contribution < 1.29 is 100 Å². The van der Waals surface area contributed by atoms with E-state index in [0.717, 1.165) is 48.2 Å². The lowest BCUT2D eigenvalue weighted by Gasteiger charge is -2.47. The topological polar surface area (TPSA) is 357 Å². The van der Waals surface area contributed by atoms with Gasteiger partial charge >= 0.3 is 12.1 Å². The smallest absolute Gasteiger partial charge is 0.407 e. The minimum Gasteiger partial charge on any atom is -0.445 e. The molecule has 8 N–H and O–H groups in total. The molecule has 0 saturated carbocycles. The van der Waals surface area contributed by atoms with Crippen LogP contribution in [0.1, 0.15) is 129 Å². The molecule has 28 heteroatoms. The van der Waals surface area contributed by atoms with Crippen molar-refractivity contribution in [2.24, 2.45) is 23.5 Å². The highest BCUT2D eigenvalue weighted by molar-refractivity contribution is 6.12. The maximum absolute atomic E-state index is 14.5. The van der Waals surface area contributed by atoms with Crippen molar-refractivity contribution in [3.05, 3.63) is 66.3 Å². The second-order valence-corrected chi connectivity index (χ2v) is 28.3. The fourth-order valence-electron chi connectivity index (χ4n) is 15.7. The zero-order valence-corrected chi connectivity index (χ0v) is 56.6. The molecule has 0 aliphatic carbocycles. The minimum atomic E-state index is -1.11. The molecule has 1 aromatic carbocycles. The van der Waals surface area contributed by atoms with Gasteiger partial charge in [-0.05, 0) is 98.5 Å². The van der Waals surface area contributed by atoms with Crippen LogP contribution in [0.3, 0.4) is 0 Å². The largest absolute Gasteiger partial charge is 0.445 e. The third-order valence-corrected chi connectivity index (χ3v) is 20.9. The molecule has 1 aromatic rings. The van der Waals surface area contributed by atoms with Gasteiger partial charge in [0.25, 0.3) is 11.8 Å². The van der Waals surface area contributed by atoms with Crippen LogP contribution >= 0.6 is 0 Å². The van der Waals surface area contributed by atoms with Crippen molar-refractivity contribution in [1.82, 2.24) is 26.2 Å². The van der Waals surface area contributed by atoms with Gasteiger partial charge in [-0.2, -0.15) is 0 Å². The maximum Gasteiger partial charge on any atom is 0.407 e. The summed E-state index contributed by atoms with van der Waals surface area (Å²) in [6, 6.07) is 3.60. The Bertz CT molecular complexity index is 3060. The zero-order chi connectivity index (χ0) is 69.4. The van der Waals surface area contributed by atoms with E-state index in [1.54, 1.807) is 45.2 Å². The molecule has 2 unspecified atom stereocenters. The predicted octanol–water partition coefficient (Wildman–Crippen LogP) is 3.77. The number of benzene rings is 1. The normalized spacial score (nSPS) is 34.4. The summed E-state index contributed by atoms with van der Waals surface area (Å²) in [5.41, 5.74) is 8.22. The number of alkyl carbamates (subject to hydrolysis) is 1. The summed E-state index contributed by atoms with van der Waals surface area (Å²) in [5.74, 6) is -3.98. The van der Waals surface area contributed by atoms with E-state index in [-0.39, 0.29) is 170 Å². The van der Waals surface area contributed by atoms with Crippen molar-refractivity contribution in [3.8, 4) is 0 Å². The van der Waals surface area contributed by atoms with Gasteiger partial charge < -0.3 is 94.3 Å². The molecule has 98 heavy (non-hydrogen) atoms. The molecule has 8 amide bonds. The number of carbonyl (C=O) groups is 8. The predicted molar refractivity (Wildman–Crippen MR) is 348 cm³/mol. The molecular weight excluding hydrogens is 1270 g/mol. The fourth-order valence-corrected chi connectivity index (χ4v) is 15.7. The lowest BCUT2D eigenvalue weighted by molar-refractivity contribution is -0.292. The molecule has 11 heterocycles. The summed E-state index contributed by atoms with van der Waals surface area (Å²) in [7, 11) is 1.58. The Balaban J connectivity index is 0.658. The van der Waals surface area contributed by atoms with Gasteiger partial charge in [0.05, 0.1) is 100 Å². The van der Waals surface area contributed by atoms with E-state index in [2.05, 4.69) is 46.7 Å². The van der Waals surface area contributed by atoms with Gasteiger partial charge in [-0.1, -0.05) is 46.1 Å². The minimum absolute atomic E-state index is 0.00733. The number of carbonyl (C=O) groups excluding carboxylic acids is 8. The molecule has 0 aromatic heterocycles. The summed E-state index contributed by atoms with van der Waals surface area (Å²) < 4.78 is 77.3. The summed E-state index contributed by atoms with van der Waals surface area (Å²) in [6.07, 6.45) is 3.08. The highest BCUT2D eigenvalue weighted by atomic mass is 16.8. The number of aliphatic hydroxyl groups excluding tert-OH is 1. The molecule has 28 nitrogen and oxygen atoms in total. The molecule has 10 fully saturated rings. The van der Waals surface area contributed by atoms with Gasteiger partial charge in [-0.3, -0.25) is 33.7 Å². The number of anilines is 1. The van der Waals surface area contributed by atoms with Crippen LogP contribution in [0.15, 0.2) is 60.7 Å². The lowest BCUT2D eigenvalue weighted by atomic mass is 9.81. The second-order valence-electron chi connectivity index (χ2n) is 28.3. The summed E-state index contributed by atoms with van der Waals surface area (Å²) in [5, 5.41) is 25.0. The van der Waals surface area contributed by atoms with Crippen LogP contribution in [-0.2, 0) is 92.2 Å². The lowest BCUT2D eigenvalue weighted by Crippen LogP contribution is -2.61. The molecule has 11 aliphatic rings. The Labute approximate surface area is 571 Å².